The maximum atomic E-state index is 12.3. The van der Waals surface area contributed by atoms with Gasteiger partial charge in [0.2, 0.25) is 0 Å². The Labute approximate surface area is 182 Å². The van der Waals surface area contributed by atoms with Gasteiger partial charge in [-0.2, -0.15) is 0 Å². The molecule has 148 valence electrons. The third-order valence-corrected chi connectivity index (χ3v) is 4.47. The van der Waals surface area contributed by atoms with Crippen LogP contribution < -0.4 is 14.8 Å². The molecule has 0 aromatic heterocycles. The fraction of sp³-hybridized carbons (Fsp3) is 0.0476. The summed E-state index contributed by atoms with van der Waals surface area (Å²) in [4.78, 5) is 24.2. The number of hydrogen-bond donors (Lipinski definition) is 1. The number of nitrogens with one attached hydrogen (secondary N) is 1. The van der Waals surface area contributed by atoms with Gasteiger partial charge in [0.25, 0.3) is 5.91 Å². The van der Waals surface area contributed by atoms with Crippen LogP contribution in [0.3, 0.4) is 0 Å². The van der Waals surface area contributed by atoms with E-state index in [-0.39, 0.29) is 18.3 Å². The Bertz CT molecular complexity index is 1020. The van der Waals surface area contributed by atoms with Gasteiger partial charge in [0.05, 0.1) is 5.02 Å². The molecule has 5 nitrogen and oxygen atoms in total. The minimum atomic E-state index is -0.616. The van der Waals surface area contributed by atoms with E-state index in [4.69, 9.17) is 44.3 Å². The van der Waals surface area contributed by atoms with Gasteiger partial charge in [-0.1, -0.05) is 34.8 Å². The number of carbonyl (C=O) groups is 2. The van der Waals surface area contributed by atoms with E-state index >= 15 is 0 Å². The molecule has 8 heteroatoms. The summed E-state index contributed by atoms with van der Waals surface area (Å²) in [7, 11) is 0. The zero-order chi connectivity index (χ0) is 20.8. The third kappa shape index (κ3) is 6.12. The summed E-state index contributed by atoms with van der Waals surface area (Å²) >= 11 is 17.6. The van der Waals surface area contributed by atoms with Crippen LogP contribution in [0.25, 0.3) is 0 Å². The van der Waals surface area contributed by atoms with E-state index in [1.165, 1.54) is 18.2 Å². The summed E-state index contributed by atoms with van der Waals surface area (Å²) in [5.74, 6) is -0.314. The summed E-state index contributed by atoms with van der Waals surface area (Å²) in [6, 6.07) is 17.6. The summed E-state index contributed by atoms with van der Waals surface area (Å²) in [6.45, 7) is -0.333. The number of carbonyl (C=O) groups excluding carboxylic acids is 2. The Morgan fingerprint density at radius 2 is 1.48 bits per heavy atom. The van der Waals surface area contributed by atoms with Gasteiger partial charge < -0.3 is 14.8 Å². The highest BCUT2D eigenvalue weighted by Crippen LogP contribution is 2.27. The van der Waals surface area contributed by atoms with Crippen LogP contribution >= 0.6 is 34.8 Å². The van der Waals surface area contributed by atoms with Gasteiger partial charge in [0, 0.05) is 21.3 Å². The van der Waals surface area contributed by atoms with Crippen molar-refractivity contribution in [3.63, 3.8) is 0 Å². The first-order valence-corrected chi connectivity index (χ1v) is 9.49. The number of ether oxygens (including phenoxy) is 2. The maximum absolute atomic E-state index is 12.3. The molecule has 0 aliphatic carbocycles. The lowest BCUT2D eigenvalue weighted by Gasteiger charge is -2.09. The number of esters is 1. The molecule has 1 amide bonds. The zero-order valence-corrected chi connectivity index (χ0v) is 17.1. The van der Waals surface area contributed by atoms with Gasteiger partial charge in [0.1, 0.15) is 11.5 Å². The van der Waals surface area contributed by atoms with Crippen molar-refractivity contribution in [2.45, 2.75) is 0 Å². The second-order valence-corrected chi connectivity index (χ2v) is 7.10. The van der Waals surface area contributed by atoms with Crippen LogP contribution in [0.5, 0.6) is 11.5 Å². The highest BCUT2D eigenvalue weighted by molar-refractivity contribution is 6.35. The predicted molar refractivity (Wildman–Crippen MR) is 113 cm³/mol. The first kappa shape index (κ1) is 21.0. The molecule has 3 aromatic carbocycles. The van der Waals surface area contributed by atoms with Gasteiger partial charge in [-0.15, -0.1) is 0 Å². The average Bonchev–Trinajstić information content (AvgIpc) is 2.69. The van der Waals surface area contributed by atoms with Crippen LogP contribution in [0.4, 0.5) is 5.69 Å². The second kappa shape index (κ2) is 9.65. The molecular weight excluding hydrogens is 437 g/mol. The second-order valence-electron chi connectivity index (χ2n) is 5.82. The third-order valence-electron chi connectivity index (χ3n) is 3.69. The number of amides is 1. The monoisotopic (exact) mass is 449 g/mol. The van der Waals surface area contributed by atoms with Crippen LogP contribution in [0.1, 0.15) is 10.4 Å². The van der Waals surface area contributed by atoms with Crippen molar-refractivity contribution in [3.05, 3.63) is 87.4 Å². The molecule has 0 unspecified atom stereocenters. The molecule has 3 rings (SSSR count). The van der Waals surface area contributed by atoms with Gasteiger partial charge in [-0.3, -0.25) is 4.79 Å². The van der Waals surface area contributed by atoms with Crippen molar-refractivity contribution < 1.29 is 19.1 Å². The molecule has 0 bridgehead atoms. The molecule has 0 radical (unpaired) electrons. The van der Waals surface area contributed by atoms with E-state index < -0.39 is 5.97 Å². The molecule has 1 N–H and O–H groups in total. The quantitative estimate of drug-likeness (QED) is 0.376. The minimum Gasteiger partial charge on any atom is -0.480 e. The SMILES string of the molecule is O=C(COc1ccc(Cl)cc1Cl)Oc1ccc(C(=O)Nc2ccc(Cl)cc2)cc1. The van der Waals surface area contributed by atoms with Crippen molar-refractivity contribution in [3.8, 4) is 11.5 Å². The number of anilines is 1. The van der Waals surface area contributed by atoms with Crippen molar-refractivity contribution >= 4 is 52.4 Å². The van der Waals surface area contributed by atoms with Gasteiger partial charge in [-0.25, -0.2) is 4.79 Å². The van der Waals surface area contributed by atoms with Crippen molar-refractivity contribution in [1.29, 1.82) is 0 Å². The Hall–Kier alpha value is -2.73. The highest BCUT2D eigenvalue weighted by atomic mass is 35.5. The Morgan fingerprint density at radius 3 is 2.14 bits per heavy atom. The molecule has 0 spiro atoms. The number of rotatable bonds is 6. The number of halogens is 3. The van der Waals surface area contributed by atoms with Crippen molar-refractivity contribution in [2.75, 3.05) is 11.9 Å². The Kier molecular flexibility index (Phi) is 6.99. The fourth-order valence-electron chi connectivity index (χ4n) is 2.30. The zero-order valence-electron chi connectivity index (χ0n) is 14.8. The van der Waals surface area contributed by atoms with Gasteiger partial charge in [-0.05, 0) is 66.7 Å². The summed E-state index contributed by atoms with van der Waals surface area (Å²) < 4.78 is 10.5. The maximum Gasteiger partial charge on any atom is 0.349 e. The molecule has 0 saturated heterocycles. The molecule has 0 saturated carbocycles. The largest absolute Gasteiger partial charge is 0.480 e. The van der Waals surface area contributed by atoms with E-state index in [2.05, 4.69) is 5.32 Å². The van der Waals surface area contributed by atoms with E-state index in [1.807, 2.05) is 0 Å². The molecular formula is C21H14Cl3NO4. The molecule has 0 heterocycles. The standard InChI is InChI=1S/C21H14Cl3NO4/c22-14-3-6-16(7-4-14)25-21(27)13-1-8-17(9-2-13)29-20(26)12-28-19-10-5-15(23)11-18(19)24/h1-11H,12H2,(H,25,27). The lowest BCUT2D eigenvalue weighted by Crippen LogP contribution is -2.18. The Morgan fingerprint density at radius 1 is 0.828 bits per heavy atom. The first-order valence-electron chi connectivity index (χ1n) is 8.36. The molecule has 3 aromatic rings. The summed E-state index contributed by atoms with van der Waals surface area (Å²) in [5.41, 5.74) is 1.02. The smallest absolute Gasteiger partial charge is 0.349 e. The first-order chi connectivity index (χ1) is 13.9. The van der Waals surface area contributed by atoms with Crippen LogP contribution in [-0.2, 0) is 4.79 Å². The lowest BCUT2D eigenvalue weighted by molar-refractivity contribution is -0.136. The van der Waals surface area contributed by atoms with Crippen molar-refractivity contribution in [2.24, 2.45) is 0 Å². The number of hydrogen-bond acceptors (Lipinski definition) is 4. The van der Waals surface area contributed by atoms with Crippen LogP contribution in [0, 0.1) is 0 Å². The van der Waals surface area contributed by atoms with Crippen LogP contribution in [0.15, 0.2) is 66.7 Å². The average molecular weight is 451 g/mol. The molecule has 0 aliphatic rings. The molecule has 29 heavy (non-hydrogen) atoms. The summed E-state index contributed by atoms with van der Waals surface area (Å²) in [5, 5.41) is 4.08. The normalized spacial score (nSPS) is 10.3. The topological polar surface area (TPSA) is 64.6 Å². The van der Waals surface area contributed by atoms with Crippen molar-refractivity contribution in [1.82, 2.24) is 0 Å². The summed E-state index contributed by atoms with van der Waals surface area (Å²) in [6.07, 6.45) is 0. The van der Waals surface area contributed by atoms with E-state index in [9.17, 15) is 9.59 Å². The van der Waals surface area contributed by atoms with Gasteiger partial charge >= 0.3 is 5.97 Å². The molecule has 0 aliphatic heterocycles. The minimum absolute atomic E-state index is 0.281. The van der Waals surface area contributed by atoms with E-state index in [0.29, 0.717) is 32.1 Å². The fourth-order valence-corrected chi connectivity index (χ4v) is 2.89. The van der Waals surface area contributed by atoms with Crippen LogP contribution in [-0.4, -0.2) is 18.5 Å². The van der Waals surface area contributed by atoms with E-state index in [0.717, 1.165) is 0 Å². The molecule has 0 atom stereocenters. The van der Waals surface area contributed by atoms with Gasteiger partial charge in [0.15, 0.2) is 6.61 Å². The molecule has 0 fully saturated rings. The van der Waals surface area contributed by atoms with Crippen LogP contribution in [0.2, 0.25) is 15.1 Å². The lowest BCUT2D eigenvalue weighted by atomic mass is 10.2. The highest BCUT2D eigenvalue weighted by Gasteiger charge is 2.11. The Balaban J connectivity index is 1.53. The number of benzene rings is 3. The predicted octanol–water partition coefficient (Wildman–Crippen LogP) is 5.88. The van der Waals surface area contributed by atoms with E-state index in [1.54, 1.807) is 48.5 Å².